The molecular formula is C23H21ClN4O3. The molecule has 0 radical (unpaired) electrons. The molecule has 0 saturated heterocycles. The molecule has 0 unspecified atom stereocenters. The summed E-state index contributed by atoms with van der Waals surface area (Å²) >= 11 is 6.23. The van der Waals surface area contributed by atoms with E-state index in [2.05, 4.69) is 5.32 Å². The number of nitrogens with one attached hydrogen (secondary N) is 1. The molecule has 0 bridgehead atoms. The van der Waals surface area contributed by atoms with Crippen LogP contribution in [0, 0.1) is 6.92 Å². The average molecular weight is 437 g/mol. The summed E-state index contributed by atoms with van der Waals surface area (Å²) in [4.78, 5) is 38.8. The molecule has 0 aliphatic rings. The highest BCUT2D eigenvalue weighted by Gasteiger charge is 2.21. The molecule has 31 heavy (non-hydrogen) atoms. The molecule has 158 valence electrons. The fraction of sp³-hybridized carbons (Fsp3) is 0.174. The fourth-order valence-electron chi connectivity index (χ4n) is 3.75. The summed E-state index contributed by atoms with van der Waals surface area (Å²) in [6, 6.07) is 14.8. The van der Waals surface area contributed by atoms with Crippen molar-refractivity contribution >= 4 is 34.2 Å². The average Bonchev–Trinajstić information content (AvgIpc) is 3.10. The van der Waals surface area contributed by atoms with E-state index in [1.165, 1.54) is 11.6 Å². The maximum atomic E-state index is 13.0. The number of aryl methyl sites for hydroxylation is 2. The number of carbonyl (C=O) groups excluding carboxylic acids is 1. The number of benzene rings is 2. The highest BCUT2D eigenvalue weighted by atomic mass is 35.5. The van der Waals surface area contributed by atoms with Crippen LogP contribution in [0.15, 0.2) is 64.3 Å². The van der Waals surface area contributed by atoms with Gasteiger partial charge in [0.1, 0.15) is 12.1 Å². The van der Waals surface area contributed by atoms with Gasteiger partial charge >= 0.3 is 5.69 Å². The number of hydrogen-bond donors (Lipinski definition) is 1. The largest absolute Gasteiger partial charge is 0.344 e. The summed E-state index contributed by atoms with van der Waals surface area (Å²) in [5, 5.41) is 3.21. The van der Waals surface area contributed by atoms with Crippen molar-refractivity contribution in [3.63, 3.8) is 0 Å². The van der Waals surface area contributed by atoms with Crippen LogP contribution in [0.3, 0.4) is 0 Å². The number of hydrogen-bond acceptors (Lipinski definition) is 3. The van der Waals surface area contributed by atoms with E-state index in [-0.39, 0.29) is 6.54 Å². The van der Waals surface area contributed by atoms with Crippen LogP contribution in [0.25, 0.3) is 22.2 Å². The summed E-state index contributed by atoms with van der Waals surface area (Å²) in [7, 11) is 3.16. The Morgan fingerprint density at radius 1 is 1.00 bits per heavy atom. The van der Waals surface area contributed by atoms with Gasteiger partial charge in [-0.2, -0.15) is 0 Å². The van der Waals surface area contributed by atoms with Crippen molar-refractivity contribution in [1.82, 2.24) is 13.7 Å². The number of amides is 1. The summed E-state index contributed by atoms with van der Waals surface area (Å²) in [5.41, 5.74) is 2.65. The highest BCUT2D eigenvalue weighted by Crippen LogP contribution is 2.28. The monoisotopic (exact) mass is 436 g/mol. The van der Waals surface area contributed by atoms with E-state index in [1.807, 2.05) is 43.3 Å². The van der Waals surface area contributed by atoms with Gasteiger partial charge in [-0.15, -0.1) is 0 Å². The van der Waals surface area contributed by atoms with Crippen molar-refractivity contribution < 1.29 is 4.79 Å². The van der Waals surface area contributed by atoms with Gasteiger partial charge in [0, 0.05) is 25.9 Å². The third kappa shape index (κ3) is 3.57. The Kier molecular flexibility index (Phi) is 5.29. The van der Waals surface area contributed by atoms with Crippen LogP contribution in [-0.2, 0) is 25.4 Å². The molecule has 7 nitrogen and oxygen atoms in total. The van der Waals surface area contributed by atoms with Gasteiger partial charge in [0.05, 0.1) is 16.2 Å². The van der Waals surface area contributed by atoms with E-state index in [1.54, 1.807) is 29.9 Å². The lowest BCUT2D eigenvalue weighted by molar-refractivity contribution is -0.116. The van der Waals surface area contributed by atoms with Crippen LogP contribution >= 0.6 is 11.6 Å². The maximum Gasteiger partial charge on any atom is 0.331 e. The number of carbonyl (C=O) groups is 1. The topological polar surface area (TPSA) is 78.0 Å². The number of nitrogens with zero attached hydrogens (tertiary/aromatic N) is 3. The standard InChI is InChI=1S/C23H21ClN4O3/c1-14-8-7-11-17(24)19(14)25-18(29)13-28-20-16(15-9-5-4-6-10-15)12-26(2)21(20)22(30)27(3)23(28)31/h4-12H,13H2,1-3H3,(H,25,29). The number of para-hydroxylation sites is 1. The fourth-order valence-corrected chi connectivity index (χ4v) is 4.02. The molecule has 0 aliphatic carbocycles. The first-order valence-electron chi connectivity index (χ1n) is 9.69. The van der Waals surface area contributed by atoms with Crippen LogP contribution in [-0.4, -0.2) is 19.6 Å². The van der Waals surface area contributed by atoms with E-state index in [4.69, 9.17) is 11.6 Å². The minimum Gasteiger partial charge on any atom is -0.344 e. The molecule has 8 heteroatoms. The zero-order chi connectivity index (χ0) is 22.3. The maximum absolute atomic E-state index is 13.0. The molecule has 0 fully saturated rings. The Morgan fingerprint density at radius 3 is 2.39 bits per heavy atom. The van der Waals surface area contributed by atoms with Gasteiger partial charge in [-0.25, -0.2) is 4.79 Å². The van der Waals surface area contributed by atoms with Gasteiger partial charge in [-0.05, 0) is 24.1 Å². The molecule has 2 aromatic heterocycles. The van der Waals surface area contributed by atoms with Gasteiger partial charge in [-0.1, -0.05) is 54.1 Å². The van der Waals surface area contributed by atoms with Crippen LogP contribution in [0.5, 0.6) is 0 Å². The van der Waals surface area contributed by atoms with Gasteiger partial charge in [-0.3, -0.25) is 18.7 Å². The molecule has 1 N–H and O–H groups in total. The van der Waals surface area contributed by atoms with Gasteiger partial charge < -0.3 is 9.88 Å². The first-order valence-corrected chi connectivity index (χ1v) is 10.1. The summed E-state index contributed by atoms with van der Waals surface area (Å²) in [6.45, 7) is 1.57. The third-order valence-electron chi connectivity index (χ3n) is 5.32. The molecule has 2 heterocycles. The number of fused-ring (bicyclic) bond motifs is 1. The number of rotatable bonds is 4. The number of aromatic nitrogens is 3. The third-order valence-corrected chi connectivity index (χ3v) is 5.64. The minimum absolute atomic E-state index is 0.266. The number of halogens is 1. The summed E-state index contributed by atoms with van der Waals surface area (Å²) in [6.07, 6.45) is 1.80. The first kappa shape index (κ1) is 20.7. The lowest BCUT2D eigenvalue weighted by atomic mass is 10.1. The zero-order valence-corrected chi connectivity index (χ0v) is 18.1. The van der Waals surface area contributed by atoms with Crippen molar-refractivity contribution in [2.24, 2.45) is 14.1 Å². The van der Waals surface area contributed by atoms with E-state index < -0.39 is 17.2 Å². The second kappa shape index (κ2) is 7.92. The van der Waals surface area contributed by atoms with Crippen molar-refractivity contribution in [2.75, 3.05) is 5.32 Å². The molecule has 2 aromatic carbocycles. The Hall–Kier alpha value is -3.58. The molecule has 4 rings (SSSR count). The molecule has 0 aliphatic heterocycles. The second-order valence-corrected chi connectivity index (χ2v) is 7.84. The Labute approximate surface area is 183 Å². The van der Waals surface area contributed by atoms with Gasteiger partial charge in [0.15, 0.2) is 0 Å². The van der Waals surface area contributed by atoms with E-state index in [9.17, 15) is 14.4 Å². The Morgan fingerprint density at radius 2 is 1.71 bits per heavy atom. The predicted octanol–water partition coefficient (Wildman–Crippen LogP) is 3.31. The van der Waals surface area contributed by atoms with Crippen LogP contribution in [0.1, 0.15) is 5.56 Å². The van der Waals surface area contributed by atoms with Crippen molar-refractivity contribution in [1.29, 1.82) is 0 Å². The lowest BCUT2D eigenvalue weighted by Gasteiger charge is -2.14. The van der Waals surface area contributed by atoms with Crippen LogP contribution in [0.4, 0.5) is 5.69 Å². The van der Waals surface area contributed by atoms with E-state index in [0.717, 1.165) is 15.7 Å². The normalized spacial score (nSPS) is 11.1. The molecular weight excluding hydrogens is 416 g/mol. The number of anilines is 1. The molecule has 0 spiro atoms. The molecule has 4 aromatic rings. The van der Waals surface area contributed by atoms with Gasteiger partial charge in [0.2, 0.25) is 5.91 Å². The summed E-state index contributed by atoms with van der Waals surface area (Å²) in [5.74, 6) is -0.416. The lowest BCUT2D eigenvalue weighted by Crippen LogP contribution is -2.40. The van der Waals surface area contributed by atoms with Crippen LogP contribution in [0.2, 0.25) is 5.02 Å². The molecule has 0 atom stereocenters. The minimum atomic E-state index is -0.563. The quantitative estimate of drug-likeness (QED) is 0.533. The zero-order valence-electron chi connectivity index (χ0n) is 17.3. The van der Waals surface area contributed by atoms with Crippen molar-refractivity contribution in [3.05, 3.63) is 86.2 Å². The van der Waals surface area contributed by atoms with Gasteiger partial charge in [0.25, 0.3) is 5.56 Å². The molecule has 1 amide bonds. The van der Waals surface area contributed by atoms with Crippen LogP contribution < -0.4 is 16.6 Å². The molecule has 0 saturated carbocycles. The predicted molar refractivity (Wildman–Crippen MR) is 123 cm³/mol. The van der Waals surface area contributed by atoms with Crippen molar-refractivity contribution in [2.45, 2.75) is 13.5 Å². The van der Waals surface area contributed by atoms with Crippen molar-refractivity contribution in [3.8, 4) is 11.1 Å². The first-order chi connectivity index (χ1) is 14.8. The smallest absolute Gasteiger partial charge is 0.331 e. The van der Waals surface area contributed by atoms with E-state index in [0.29, 0.717) is 27.3 Å². The Balaban J connectivity index is 1.88. The SMILES string of the molecule is Cc1cccc(Cl)c1NC(=O)Cn1c(=O)n(C)c(=O)c2c1c(-c1ccccc1)cn2C. The highest BCUT2D eigenvalue weighted by molar-refractivity contribution is 6.33. The summed E-state index contributed by atoms with van der Waals surface area (Å²) < 4.78 is 4.04. The van der Waals surface area contributed by atoms with E-state index >= 15 is 0 Å². The second-order valence-electron chi connectivity index (χ2n) is 7.43. The Bertz CT molecular complexity index is 1410.